The van der Waals surface area contributed by atoms with E-state index in [-0.39, 0.29) is 12.2 Å². The van der Waals surface area contributed by atoms with Crippen molar-refractivity contribution < 1.29 is 26.7 Å². The predicted molar refractivity (Wildman–Crippen MR) is 175 cm³/mol. The van der Waals surface area contributed by atoms with E-state index in [1.165, 1.54) is 0 Å². The monoisotopic (exact) mass is 627 g/mol. The summed E-state index contributed by atoms with van der Waals surface area (Å²) in [6, 6.07) is 0. The Morgan fingerprint density at radius 2 is 0.892 bits per heavy atom. The zero-order chi connectivity index (χ0) is 29.7. The van der Waals surface area contributed by atoms with E-state index in [0.29, 0.717) is 6.61 Å². The molecular weight excluding hydrogens is 567 g/mol. The third-order valence-corrected chi connectivity index (χ3v) is 9.84. The minimum Gasteiger partial charge on any atom is -0.456 e. The van der Waals surface area contributed by atoms with Gasteiger partial charge in [0.15, 0.2) is 41.6 Å². The lowest BCUT2D eigenvalue weighted by molar-refractivity contribution is -0.0731. The van der Waals surface area contributed by atoms with Gasteiger partial charge in [-0.15, -0.1) is 5.16 Å². The molecule has 0 amide bonds. The van der Waals surface area contributed by atoms with Crippen molar-refractivity contribution in [2.24, 2.45) is 5.16 Å². The van der Waals surface area contributed by atoms with Gasteiger partial charge in [0, 0.05) is 0 Å². The van der Waals surface area contributed by atoms with E-state index >= 15 is 0 Å². The lowest BCUT2D eigenvalue weighted by Gasteiger charge is -2.45. The van der Waals surface area contributed by atoms with Crippen molar-refractivity contribution >= 4 is 56.1 Å². The summed E-state index contributed by atoms with van der Waals surface area (Å²) in [6.45, 7) is 40.0. The molecule has 0 aliphatic carbocycles. The van der Waals surface area contributed by atoms with Crippen molar-refractivity contribution in [3.63, 3.8) is 0 Å². The van der Waals surface area contributed by atoms with Crippen LogP contribution >= 0.6 is 0 Å². The van der Waals surface area contributed by atoms with E-state index in [2.05, 4.69) is 123 Å². The standard InChI is InChI=1S/C24H61NO6Si6/c1-32(2,3)26-20-22(28-34(7,8)9)24(30-36(13,14)15)23(29-35(10,11)12)21(27-33(4,5)6)19-25-31-37(16,17)18/h19,21-24H,20H2,1-18H3. The van der Waals surface area contributed by atoms with Gasteiger partial charge in [-0.05, 0) is 118 Å². The highest BCUT2D eigenvalue weighted by Crippen LogP contribution is 2.28. The summed E-state index contributed by atoms with van der Waals surface area (Å²) >= 11 is 0. The second-order valence-electron chi connectivity index (χ2n) is 15.7. The largest absolute Gasteiger partial charge is 0.456 e. The van der Waals surface area contributed by atoms with Crippen LogP contribution in [0.15, 0.2) is 5.16 Å². The summed E-state index contributed by atoms with van der Waals surface area (Å²) in [5.41, 5.74) is 0. The van der Waals surface area contributed by atoms with Crippen LogP contribution in [-0.2, 0) is 26.7 Å². The summed E-state index contributed by atoms with van der Waals surface area (Å²) in [5, 5.41) is 4.44. The van der Waals surface area contributed by atoms with Gasteiger partial charge in [-0.3, -0.25) is 0 Å². The first-order chi connectivity index (χ1) is 16.1. The van der Waals surface area contributed by atoms with Crippen molar-refractivity contribution in [2.45, 2.75) is 142 Å². The van der Waals surface area contributed by atoms with Crippen molar-refractivity contribution in [3.05, 3.63) is 0 Å². The topological polar surface area (TPSA) is 67.7 Å². The molecule has 0 aliphatic rings. The molecular formula is C24H61NO6Si6. The molecule has 0 aromatic carbocycles. The summed E-state index contributed by atoms with van der Waals surface area (Å²) in [5.74, 6) is 0. The van der Waals surface area contributed by atoms with E-state index in [9.17, 15) is 0 Å². The molecule has 222 valence electrons. The molecule has 0 fully saturated rings. The molecule has 0 aromatic heterocycles. The summed E-state index contributed by atoms with van der Waals surface area (Å²) in [7, 11) is -11.6. The molecule has 0 saturated carbocycles. The van der Waals surface area contributed by atoms with Crippen LogP contribution in [0.25, 0.3) is 0 Å². The quantitative estimate of drug-likeness (QED) is 0.0942. The Morgan fingerprint density at radius 1 is 0.486 bits per heavy atom. The molecule has 4 atom stereocenters. The van der Waals surface area contributed by atoms with Gasteiger partial charge in [-0.1, -0.05) is 0 Å². The number of rotatable bonds is 17. The van der Waals surface area contributed by atoms with Crippen LogP contribution in [0.3, 0.4) is 0 Å². The average Bonchev–Trinajstić information content (AvgIpc) is 2.55. The zero-order valence-corrected chi connectivity index (χ0v) is 33.5. The first-order valence-corrected chi connectivity index (χ1v) is 34.1. The van der Waals surface area contributed by atoms with Crippen LogP contribution in [0.4, 0.5) is 0 Å². The van der Waals surface area contributed by atoms with E-state index < -0.39 is 62.1 Å². The molecule has 7 nitrogen and oxygen atoms in total. The maximum Gasteiger partial charge on any atom is 0.278 e. The number of hydrogen-bond donors (Lipinski definition) is 0. The molecule has 0 N–H and O–H groups in total. The lowest BCUT2D eigenvalue weighted by Crippen LogP contribution is -2.60. The first kappa shape index (κ1) is 37.6. The third kappa shape index (κ3) is 21.0. The minimum absolute atomic E-state index is 0.273. The van der Waals surface area contributed by atoms with Crippen LogP contribution in [-0.4, -0.2) is 87.1 Å². The molecule has 0 radical (unpaired) electrons. The van der Waals surface area contributed by atoms with E-state index in [1.807, 2.05) is 6.21 Å². The Bertz CT molecular complexity index is 699. The highest BCUT2D eigenvalue weighted by atomic mass is 28.4. The zero-order valence-electron chi connectivity index (χ0n) is 27.5. The molecule has 0 rings (SSSR count). The summed E-state index contributed by atoms with van der Waals surface area (Å²) < 4.78 is 39.9. The Balaban J connectivity index is 6.89. The second kappa shape index (κ2) is 14.0. The molecule has 37 heavy (non-hydrogen) atoms. The first-order valence-electron chi connectivity index (χ1n) is 13.6. The Kier molecular flexibility index (Phi) is 14.2. The van der Waals surface area contributed by atoms with Gasteiger partial charge in [-0.2, -0.15) is 0 Å². The van der Waals surface area contributed by atoms with E-state index in [0.717, 1.165) is 0 Å². The fraction of sp³-hybridized carbons (Fsp3) is 0.958. The van der Waals surface area contributed by atoms with Gasteiger partial charge in [0.2, 0.25) is 0 Å². The number of nitrogens with zero attached hydrogens (tertiary/aromatic N) is 1. The Morgan fingerprint density at radius 3 is 1.24 bits per heavy atom. The molecule has 0 saturated heterocycles. The van der Waals surface area contributed by atoms with Crippen molar-refractivity contribution in [2.75, 3.05) is 6.61 Å². The van der Waals surface area contributed by atoms with Crippen molar-refractivity contribution in [1.82, 2.24) is 0 Å². The van der Waals surface area contributed by atoms with Gasteiger partial charge in [0.05, 0.1) is 25.0 Å². The molecule has 0 bridgehead atoms. The van der Waals surface area contributed by atoms with Crippen LogP contribution in [0.2, 0.25) is 118 Å². The predicted octanol–water partition coefficient (Wildman–Crippen LogP) is 7.56. The van der Waals surface area contributed by atoms with Crippen LogP contribution in [0.5, 0.6) is 0 Å². The van der Waals surface area contributed by atoms with Crippen molar-refractivity contribution in [1.29, 1.82) is 0 Å². The van der Waals surface area contributed by atoms with Crippen molar-refractivity contribution in [3.8, 4) is 0 Å². The fourth-order valence-corrected chi connectivity index (χ4v) is 8.66. The van der Waals surface area contributed by atoms with Crippen LogP contribution < -0.4 is 0 Å². The molecule has 13 heteroatoms. The summed E-state index contributed by atoms with van der Waals surface area (Å²) in [4.78, 5) is 0. The van der Waals surface area contributed by atoms with Crippen LogP contribution in [0.1, 0.15) is 0 Å². The van der Waals surface area contributed by atoms with E-state index in [4.69, 9.17) is 26.7 Å². The van der Waals surface area contributed by atoms with Gasteiger partial charge in [0.25, 0.3) is 8.32 Å². The molecule has 4 unspecified atom stereocenters. The van der Waals surface area contributed by atoms with E-state index in [1.54, 1.807) is 0 Å². The maximum atomic E-state index is 6.97. The Hall–Kier alpha value is 0.571. The van der Waals surface area contributed by atoms with Gasteiger partial charge in [0.1, 0.15) is 12.2 Å². The third-order valence-electron chi connectivity index (χ3n) is 4.20. The minimum atomic E-state index is -2.04. The molecule has 0 aliphatic heterocycles. The highest BCUT2D eigenvalue weighted by molar-refractivity contribution is 6.71. The van der Waals surface area contributed by atoms with Gasteiger partial charge >= 0.3 is 0 Å². The SMILES string of the molecule is C[Si](C)(C)OCC(O[Si](C)(C)C)C(O[Si](C)(C)C)C(O[Si](C)(C)C)C(C=NO[Si](C)(C)C)O[Si](C)(C)C. The molecule has 0 aromatic rings. The maximum absolute atomic E-state index is 6.97. The van der Waals surface area contributed by atoms with Gasteiger partial charge < -0.3 is 26.7 Å². The van der Waals surface area contributed by atoms with Gasteiger partial charge in [-0.25, -0.2) is 0 Å². The molecule has 0 spiro atoms. The highest BCUT2D eigenvalue weighted by Gasteiger charge is 2.44. The Labute approximate surface area is 236 Å². The summed E-state index contributed by atoms with van der Waals surface area (Å²) in [6.07, 6.45) is 0.361. The number of hydrogen-bond acceptors (Lipinski definition) is 7. The average molecular weight is 628 g/mol. The van der Waals surface area contributed by atoms with Crippen LogP contribution in [0, 0.1) is 0 Å². The smallest absolute Gasteiger partial charge is 0.278 e. The normalized spacial score (nSPS) is 18.1. The number of oxime groups is 1. The molecule has 0 heterocycles. The lowest BCUT2D eigenvalue weighted by atomic mass is 10.0. The second-order valence-corrected chi connectivity index (χ2v) is 42.5. The fourth-order valence-electron chi connectivity index (χ4n) is 3.31.